The van der Waals surface area contributed by atoms with Crippen molar-refractivity contribution in [2.75, 3.05) is 18.5 Å². The average molecular weight is 311 g/mol. The third-order valence-electron chi connectivity index (χ3n) is 4.47. The molecule has 0 unspecified atom stereocenters. The molecule has 1 aliphatic heterocycles. The van der Waals surface area contributed by atoms with Crippen molar-refractivity contribution in [3.8, 4) is 22.6 Å². The van der Waals surface area contributed by atoms with Crippen molar-refractivity contribution < 1.29 is 9.47 Å². The summed E-state index contributed by atoms with van der Waals surface area (Å²) in [5.74, 6) is 2.31. The normalized spacial score (nSPS) is 17.7. The summed E-state index contributed by atoms with van der Waals surface area (Å²) < 4.78 is 11.2. The molecule has 0 radical (unpaired) electrons. The Morgan fingerprint density at radius 1 is 0.870 bits per heavy atom. The van der Waals surface area contributed by atoms with Crippen LogP contribution in [0.4, 0.5) is 5.95 Å². The van der Waals surface area contributed by atoms with E-state index in [2.05, 4.69) is 15.3 Å². The zero-order chi connectivity index (χ0) is 15.5. The Balaban J connectivity index is 1.49. The topological polar surface area (TPSA) is 56.3 Å². The van der Waals surface area contributed by atoms with Crippen LogP contribution in [0.25, 0.3) is 11.1 Å². The smallest absolute Gasteiger partial charge is 0.222 e. The van der Waals surface area contributed by atoms with E-state index >= 15 is 0 Å². The summed E-state index contributed by atoms with van der Waals surface area (Å²) in [4.78, 5) is 8.93. The molecule has 1 N–H and O–H groups in total. The molecule has 2 heterocycles. The molecule has 1 aromatic heterocycles. The molecular formula is C18H21N3O2. The van der Waals surface area contributed by atoms with Crippen molar-refractivity contribution in [1.29, 1.82) is 0 Å². The molecule has 5 heteroatoms. The molecule has 1 aliphatic carbocycles. The Morgan fingerprint density at radius 2 is 1.61 bits per heavy atom. The Kier molecular flexibility index (Phi) is 4.01. The van der Waals surface area contributed by atoms with Gasteiger partial charge in [0.1, 0.15) is 13.2 Å². The first-order valence-electron chi connectivity index (χ1n) is 8.37. The van der Waals surface area contributed by atoms with Crippen LogP contribution in [0.1, 0.15) is 32.1 Å². The van der Waals surface area contributed by atoms with Crippen molar-refractivity contribution in [2.45, 2.75) is 38.1 Å². The van der Waals surface area contributed by atoms with Crippen molar-refractivity contribution in [3.05, 3.63) is 30.6 Å². The molecule has 2 aliphatic rings. The summed E-state index contributed by atoms with van der Waals surface area (Å²) >= 11 is 0. The van der Waals surface area contributed by atoms with Crippen molar-refractivity contribution in [2.24, 2.45) is 0 Å². The van der Waals surface area contributed by atoms with E-state index in [0.29, 0.717) is 19.3 Å². The third kappa shape index (κ3) is 3.23. The highest BCUT2D eigenvalue weighted by Crippen LogP contribution is 2.34. The molecule has 0 amide bonds. The van der Waals surface area contributed by atoms with Gasteiger partial charge in [0.05, 0.1) is 0 Å². The van der Waals surface area contributed by atoms with E-state index in [1.807, 2.05) is 30.6 Å². The van der Waals surface area contributed by atoms with Crippen LogP contribution < -0.4 is 14.8 Å². The summed E-state index contributed by atoms with van der Waals surface area (Å²) in [5.41, 5.74) is 2.02. The molecule has 23 heavy (non-hydrogen) atoms. The standard InChI is InChI=1S/C18H21N3O2/c1-2-4-15(5-3-1)21-18-19-11-14(12-20-18)13-6-7-16-17(10-13)23-9-8-22-16/h6-7,10-12,15H,1-5,8-9H2,(H,19,20,21). The molecule has 1 saturated carbocycles. The minimum absolute atomic E-state index is 0.517. The first kappa shape index (κ1) is 14.3. The van der Waals surface area contributed by atoms with Crippen LogP contribution in [0.15, 0.2) is 30.6 Å². The highest BCUT2D eigenvalue weighted by atomic mass is 16.6. The first-order valence-corrected chi connectivity index (χ1v) is 8.37. The van der Waals surface area contributed by atoms with Gasteiger partial charge < -0.3 is 14.8 Å². The zero-order valence-corrected chi connectivity index (χ0v) is 13.1. The maximum Gasteiger partial charge on any atom is 0.222 e. The third-order valence-corrected chi connectivity index (χ3v) is 4.47. The summed E-state index contributed by atoms with van der Waals surface area (Å²) in [7, 11) is 0. The molecule has 1 fully saturated rings. The molecule has 0 atom stereocenters. The van der Waals surface area contributed by atoms with E-state index in [9.17, 15) is 0 Å². The van der Waals surface area contributed by atoms with Crippen LogP contribution in [0.5, 0.6) is 11.5 Å². The van der Waals surface area contributed by atoms with E-state index in [1.165, 1.54) is 32.1 Å². The fourth-order valence-corrected chi connectivity index (χ4v) is 3.20. The van der Waals surface area contributed by atoms with Gasteiger partial charge in [0.15, 0.2) is 11.5 Å². The second-order valence-corrected chi connectivity index (χ2v) is 6.13. The fraction of sp³-hybridized carbons (Fsp3) is 0.444. The predicted molar refractivity (Wildman–Crippen MR) is 89.0 cm³/mol. The zero-order valence-electron chi connectivity index (χ0n) is 13.1. The minimum Gasteiger partial charge on any atom is -0.486 e. The van der Waals surface area contributed by atoms with Gasteiger partial charge in [0.2, 0.25) is 5.95 Å². The van der Waals surface area contributed by atoms with Crippen LogP contribution in [-0.4, -0.2) is 29.2 Å². The number of nitrogens with zero attached hydrogens (tertiary/aromatic N) is 2. The van der Waals surface area contributed by atoms with Gasteiger partial charge in [0.25, 0.3) is 0 Å². The summed E-state index contributed by atoms with van der Waals surface area (Å²) in [5, 5.41) is 3.44. The number of ether oxygens (including phenoxy) is 2. The molecule has 0 saturated heterocycles. The number of anilines is 1. The van der Waals surface area contributed by atoms with Gasteiger partial charge >= 0.3 is 0 Å². The average Bonchev–Trinajstić information content (AvgIpc) is 2.63. The number of hydrogen-bond acceptors (Lipinski definition) is 5. The molecule has 0 spiro atoms. The number of fused-ring (bicyclic) bond motifs is 1. The van der Waals surface area contributed by atoms with Gasteiger partial charge in [-0.2, -0.15) is 0 Å². The Bertz CT molecular complexity index is 666. The number of aromatic nitrogens is 2. The highest BCUT2D eigenvalue weighted by Gasteiger charge is 2.15. The number of rotatable bonds is 3. The van der Waals surface area contributed by atoms with Crippen molar-refractivity contribution >= 4 is 5.95 Å². The summed E-state index contributed by atoms with van der Waals surface area (Å²) in [6.45, 7) is 1.20. The maximum absolute atomic E-state index is 5.63. The van der Waals surface area contributed by atoms with E-state index in [-0.39, 0.29) is 0 Å². The lowest BCUT2D eigenvalue weighted by atomic mass is 9.96. The molecule has 1 aromatic carbocycles. The lowest BCUT2D eigenvalue weighted by Crippen LogP contribution is -2.23. The quantitative estimate of drug-likeness (QED) is 0.937. The monoisotopic (exact) mass is 311 g/mol. The van der Waals surface area contributed by atoms with E-state index in [1.54, 1.807) is 0 Å². The highest BCUT2D eigenvalue weighted by molar-refractivity contribution is 5.66. The number of benzene rings is 1. The van der Waals surface area contributed by atoms with Crippen LogP contribution in [0, 0.1) is 0 Å². The van der Waals surface area contributed by atoms with Gasteiger partial charge in [-0.25, -0.2) is 9.97 Å². The lowest BCUT2D eigenvalue weighted by Gasteiger charge is -2.22. The first-order chi connectivity index (χ1) is 11.4. The second kappa shape index (κ2) is 6.44. The molecule has 5 nitrogen and oxygen atoms in total. The lowest BCUT2D eigenvalue weighted by molar-refractivity contribution is 0.171. The summed E-state index contributed by atoms with van der Waals surface area (Å²) in [6, 6.07) is 6.46. The Hall–Kier alpha value is -2.30. The Morgan fingerprint density at radius 3 is 2.39 bits per heavy atom. The van der Waals surface area contributed by atoms with E-state index < -0.39 is 0 Å². The van der Waals surface area contributed by atoms with Crippen molar-refractivity contribution in [1.82, 2.24) is 9.97 Å². The molecule has 2 aromatic rings. The fourth-order valence-electron chi connectivity index (χ4n) is 3.20. The van der Waals surface area contributed by atoms with Crippen LogP contribution in [0.3, 0.4) is 0 Å². The van der Waals surface area contributed by atoms with Gasteiger partial charge in [-0.3, -0.25) is 0 Å². The predicted octanol–water partition coefficient (Wildman–Crippen LogP) is 3.66. The van der Waals surface area contributed by atoms with Gasteiger partial charge in [0, 0.05) is 24.0 Å². The largest absolute Gasteiger partial charge is 0.486 e. The summed E-state index contributed by atoms with van der Waals surface area (Å²) in [6.07, 6.45) is 10.1. The van der Waals surface area contributed by atoms with Gasteiger partial charge in [-0.05, 0) is 30.5 Å². The molecule has 4 rings (SSSR count). The van der Waals surface area contributed by atoms with Crippen LogP contribution in [0.2, 0.25) is 0 Å². The van der Waals surface area contributed by atoms with Crippen LogP contribution in [-0.2, 0) is 0 Å². The minimum atomic E-state index is 0.517. The van der Waals surface area contributed by atoms with Crippen LogP contribution >= 0.6 is 0 Å². The van der Waals surface area contributed by atoms with Crippen molar-refractivity contribution in [3.63, 3.8) is 0 Å². The number of nitrogens with one attached hydrogen (secondary N) is 1. The molecule has 0 bridgehead atoms. The SMILES string of the molecule is c1cc2c(cc1-c1cnc(NC3CCCCC3)nc1)OCCO2. The number of hydrogen-bond donors (Lipinski definition) is 1. The van der Waals surface area contributed by atoms with Gasteiger partial charge in [-0.15, -0.1) is 0 Å². The van der Waals surface area contributed by atoms with E-state index in [4.69, 9.17) is 9.47 Å². The Labute approximate surface area is 136 Å². The molecular weight excluding hydrogens is 290 g/mol. The second-order valence-electron chi connectivity index (χ2n) is 6.13. The molecule has 120 valence electrons. The maximum atomic E-state index is 5.63. The van der Waals surface area contributed by atoms with E-state index in [0.717, 1.165) is 28.6 Å². The van der Waals surface area contributed by atoms with Gasteiger partial charge in [-0.1, -0.05) is 25.3 Å².